The number of hydrogen-bond acceptors (Lipinski definition) is 3. The molecule has 1 aromatic rings. The summed E-state index contributed by atoms with van der Waals surface area (Å²) in [5.41, 5.74) is 1.11. The SMILES string of the molecule is CC(CNCC1CNc2ccccc2O1)C1CC1. The fourth-order valence-corrected chi connectivity index (χ4v) is 2.58. The monoisotopic (exact) mass is 246 g/mol. The Morgan fingerprint density at radius 3 is 3.06 bits per heavy atom. The second-order valence-corrected chi connectivity index (χ2v) is 5.59. The predicted octanol–water partition coefficient (Wildman–Crippen LogP) is 2.50. The molecule has 1 heterocycles. The highest BCUT2D eigenvalue weighted by Crippen LogP contribution is 2.36. The molecule has 18 heavy (non-hydrogen) atoms. The molecule has 2 atom stereocenters. The lowest BCUT2D eigenvalue weighted by atomic mass is 10.1. The molecular weight excluding hydrogens is 224 g/mol. The minimum atomic E-state index is 0.242. The molecular formula is C15H22N2O. The van der Waals surface area contributed by atoms with E-state index in [4.69, 9.17) is 4.74 Å². The minimum Gasteiger partial charge on any atom is -0.485 e. The van der Waals surface area contributed by atoms with Crippen molar-refractivity contribution in [3.05, 3.63) is 24.3 Å². The summed E-state index contributed by atoms with van der Waals surface area (Å²) < 4.78 is 5.96. The van der Waals surface area contributed by atoms with Crippen molar-refractivity contribution in [3.8, 4) is 5.75 Å². The van der Waals surface area contributed by atoms with Crippen LogP contribution in [0.15, 0.2) is 24.3 Å². The lowest BCUT2D eigenvalue weighted by Crippen LogP contribution is -2.40. The van der Waals surface area contributed by atoms with E-state index >= 15 is 0 Å². The largest absolute Gasteiger partial charge is 0.485 e. The number of nitrogens with one attached hydrogen (secondary N) is 2. The van der Waals surface area contributed by atoms with E-state index in [0.29, 0.717) is 0 Å². The quantitative estimate of drug-likeness (QED) is 0.837. The molecule has 0 spiro atoms. The molecule has 2 aliphatic rings. The van der Waals surface area contributed by atoms with Gasteiger partial charge < -0.3 is 15.4 Å². The molecule has 3 rings (SSSR count). The van der Waals surface area contributed by atoms with Gasteiger partial charge in [0.15, 0.2) is 0 Å². The van der Waals surface area contributed by atoms with Crippen LogP contribution in [-0.2, 0) is 0 Å². The summed E-state index contributed by atoms with van der Waals surface area (Å²) in [4.78, 5) is 0. The summed E-state index contributed by atoms with van der Waals surface area (Å²) in [5.74, 6) is 2.77. The van der Waals surface area contributed by atoms with Gasteiger partial charge in [0.2, 0.25) is 0 Å². The van der Waals surface area contributed by atoms with E-state index < -0.39 is 0 Å². The Hall–Kier alpha value is -1.22. The maximum absolute atomic E-state index is 5.96. The Morgan fingerprint density at radius 2 is 2.22 bits per heavy atom. The van der Waals surface area contributed by atoms with Gasteiger partial charge in [0.1, 0.15) is 11.9 Å². The Kier molecular flexibility index (Phi) is 3.41. The first-order valence-corrected chi connectivity index (χ1v) is 7.03. The molecule has 1 aromatic carbocycles. The highest BCUT2D eigenvalue weighted by Gasteiger charge is 2.27. The first kappa shape index (κ1) is 11.8. The molecule has 0 bridgehead atoms. The van der Waals surface area contributed by atoms with E-state index in [9.17, 15) is 0 Å². The molecule has 0 amide bonds. The molecule has 98 valence electrons. The number of hydrogen-bond donors (Lipinski definition) is 2. The van der Waals surface area contributed by atoms with Crippen molar-refractivity contribution in [1.29, 1.82) is 0 Å². The molecule has 1 aliphatic heterocycles. The van der Waals surface area contributed by atoms with Crippen molar-refractivity contribution in [2.24, 2.45) is 11.8 Å². The fourth-order valence-electron chi connectivity index (χ4n) is 2.58. The molecule has 1 aliphatic carbocycles. The molecule has 2 N–H and O–H groups in total. The van der Waals surface area contributed by atoms with Gasteiger partial charge in [-0.05, 0) is 43.4 Å². The second-order valence-electron chi connectivity index (χ2n) is 5.59. The first-order chi connectivity index (χ1) is 8.83. The number of para-hydroxylation sites is 2. The van der Waals surface area contributed by atoms with Crippen molar-refractivity contribution < 1.29 is 4.74 Å². The highest BCUT2D eigenvalue weighted by atomic mass is 16.5. The summed E-state index contributed by atoms with van der Waals surface area (Å²) >= 11 is 0. The summed E-state index contributed by atoms with van der Waals surface area (Å²) in [7, 11) is 0. The molecule has 0 aromatic heterocycles. The van der Waals surface area contributed by atoms with Crippen molar-refractivity contribution in [2.45, 2.75) is 25.9 Å². The van der Waals surface area contributed by atoms with Crippen LogP contribution in [0.3, 0.4) is 0 Å². The summed E-state index contributed by atoms with van der Waals surface area (Å²) in [5, 5.41) is 6.96. The third kappa shape index (κ3) is 2.78. The lowest BCUT2D eigenvalue weighted by molar-refractivity contribution is 0.199. The zero-order valence-corrected chi connectivity index (χ0v) is 11.0. The first-order valence-electron chi connectivity index (χ1n) is 7.03. The molecule has 0 radical (unpaired) electrons. The van der Waals surface area contributed by atoms with Gasteiger partial charge in [0, 0.05) is 6.54 Å². The van der Waals surface area contributed by atoms with Crippen molar-refractivity contribution in [1.82, 2.24) is 5.32 Å². The lowest BCUT2D eigenvalue weighted by Gasteiger charge is -2.28. The number of rotatable bonds is 5. The van der Waals surface area contributed by atoms with E-state index in [1.165, 1.54) is 12.8 Å². The van der Waals surface area contributed by atoms with Gasteiger partial charge >= 0.3 is 0 Å². The topological polar surface area (TPSA) is 33.3 Å². The Balaban J connectivity index is 1.44. The zero-order chi connectivity index (χ0) is 12.4. The standard InChI is InChI=1S/C15H22N2O/c1-11(12-6-7-12)8-16-9-13-10-17-14-4-2-3-5-15(14)18-13/h2-5,11-13,16-17H,6-10H2,1H3. The van der Waals surface area contributed by atoms with Gasteiger partial charge in [-0.3, -0.25) is 0 Å². The van der Waals surface area contributed by atoms with Crippen LogP contribution in [0.5, 0.6) is 5.75 Å². The molecule has 1 saturated carbocycles. The molecule has 1 fully saturated rings. The van der Waals surface area contributed by atoms with Crippen LogP contribution in [0.2, 0.25) is 0 Å². The fraction of sp³-hybridized carbons (Fsp3) is 0.600. The van der Waals surface area contributed by atoms with Gasteiger partial charge in [0.05, 0.1) is 12.2 Å². The van der Waals surface area contributed by atoms with Gasteiger partial charge in [-0.25, -0.2) is 0 Å². The van der Waals surface area contributed by atoms with E-state index in [0.717, 1.165) is 42.9 Å². The van der Waals surface area contributed by atoms with E-state index in [-0.39, 0.29) is 6.10 Å². The Labute approximate surface area is 109 Å². The number of anilines is 1. The van der Waals surface area contributed by atoms with Gasteiger partial charge in [-0.2, -0.15) is 0 Å². The van der Waals surface area contributed by atoms with Gasteiger partial charge in [-0.1, -0.05) is 19.1 Å². The van der Waals surface area contributed by atoms with Crippen molar-refractivity contribution in [3.63, 3.8) is 0 Å². The zero-order valence-electron chi connectivity index (χ0n) is 11.0. The van der Waals surface area contributed by atoms with Crippen molar-refractivity contribution in [2.75, 3.05) is 25.0 Å². The Morgan fingerprint density at radius 1 is 1.39 bits per heavy atom. The molecule has 2 unspecified atom stereocenters. The second kappa shape index (κ2) is 5.19. The number of fused-ring (bicyclic) bond motifs is 1. The van der Waals surface area contributed by atoms with E-state index in [1.54, 1.807) is 0 Å². The van der Waals surface area contributed by atoms with Crippen LogP contribution in [0.1, 0.15) is 19.8 Å². The van der Waals surface area contributed by atoms with Crippen LogP contribution in [-0.4, -0.2) is 25.7 Å². The summed E-state index contributed by atoms with van der Waals surface area (Å²) in [6, 6.07) is 8.14. The third-order valence-corrected chi connectivity index (χ3v) is 3.97. The van der Waals surface area contributed by atoms with Gasteiger partial charge in [0.25, 0.3) is 0 Å². The average Bonchev–Trinajstić information content (AvgIpc) is 3.23. The third-order valence-electron chi connectivity index (χ3n) is 3.97. The predicted molar refractivity (Wildman–Crippen MR) is 74.1 cm³/mol. The minimum absolute atomic E-state index is 0.242. The number of benzene rings is 1. The van der Waals surface area contributed by atoms with Crippen LogP contribution in [0.25, 0.3) is 0 Å². The average molecular weight is 246 g/mol. The van der Waals surface area contributed by atoms with E-state index in [1.807, 2.05) is 18.2 Å². The van der Waals surface area contributed by atoms with Crippen LogP contribution in [0, 0.1) is 11.8 Å². The van der Waals surface area contributed by atoms with Gasteiger partial charge in [-0.15, -0.1) is 0 Å². The highest BCUT2D eigenvalue weighted by molar-refractivity contribution is 5.57. The van der Waals surface area contributed by atoms with Crippen LogP contribution < -0.4 is 15.4 Å². The summed E-state index contributed by atoms with van der Waals surface area (Å²) in [6.07, 6.45) is 3.10. The van der Waals surface area contributed by atoms with Crippen molar-refractivity contribution >= 4 is 5.69 Å². The molecule has 3 nitrogen and oxygen atoms in total. The Bertz CT molecular complexity index is 403. The smallest absolute Gasteiger partial charge is 0.142 e. The normalized spacial score (nSPS) is 23.7. The van der Waals surface area contributed by atoms with Crippen LogP contribution >= 0.6 is 0 Å². The molecule has 3 heteroatoms. The number of ether oxygens (including phenoxy) is 1. The summed E-state index contributed by atoms with van der Waals surface area (Å²) in [6.45, 7) is 5.28. The maximum atomic E-state index is 5.96. The molecule has 0 saturated heterocycles. The maximum Gasteiger partial charge on any atom is 0.142 e. The van der Waals surface area contributed by atoms with E-state index in [2.05, 4.69) is 23.6 Å². The van der Waals surface area contributed by atoms with Crippen LogP contribution in [0.4, 0.5) is 5.69 Å².